The van der Waals surface area contributed by atoms with Crippen LogP contribution < -0.4 is 10.1 Å². The summed E-state index contributed by atoms with van der Waals surface area (Å²) in [6, 6.07) is 1.96. The summed E-state index contributed by atoms with van der Waals surface area (Å²) in [6.45, 7) is 7.14. The zero-order valence-corrected chi connectivity index (χ0v) is 11.8. The molecule has 5 heteroatoms. The lowest BCUT2D eigenvalue weighted by atomic mass is 10.1. The normalized spacial score (nSPS) is 11.6. The molecule has 102 valence electrons. The van der Waals surface area contributed by atoms with Crippen LogP contribution >= 0.6 is 0 Å². The van der Waals surface area contributed by atoms with E-state index in [1.54, 1.807) is 23.3 Å². The maximum atomic E-state index is 5.81. The third kappa shape index (κ3) is 4.06. The third-order valence-corrected chi connectivity index (χ3v) is 2.59. The van der Waals surface area contributed by atoms with E-state index in [1.807, 2.05) is 19.3 Å². The first kappa shape index (κ1) is 13.5. The van der Waals surface area contributed by atoms with Gasteiger partial charge in [0.05, 0.1) is 18.6 Å². The molecule has 0 aliphatic heterocycles. The zero-order valence-electron chi connectivity index (χ0n) is 11.8. The van der Waals surface area contributed by atoms with Gasteiger partial charge in [-0.05, 0) is 26.8 Å². The standard InChI is InChI=1S/C14H20N4O/c1-14(2,3)16-7-11-5-6-15-9-13(11)19-12-8-17-18(4)10-12/h5-6,8-10,16H,7H2,1-4H3. The Morgan fingerprint density at radius 2 is 2.11 bits per heavy atom. The molecule has 0 bridgehead atoms. The molecule has 2 aromatic heterocycles. The highest BCUT2D eigenvalue weighted by Gasteiger charge is 2.11. The highest BCUT2D eigenvalue weighted by molar-refractivity contribution is 5.33. The van der Waals surface area contributed by atoms with Crippen molar-refractivity contribution < 1.29 is 4.74 Å². The third-order valence-electron chi connectivity index (χ3n) is 2.59. The van der Waals surface area contributed by atoms with Gasteiger partial charge in [-0.2, -0.15) is 5.10 Å². The summed E-state index contributed by atoms with van der Waals surface area (Å²) in [6.07, 6.45) is 7.02. The van der Waals surface area contributed by atoms with Crippen LogP contribution in [-0.2, 0) is 13.6 Å². The van der Waals surface area contributed by atoms with Gasteiger partial charge >= 0.3 is 0 Å². The molecule has 0 aliphatic carbocycles. The molecule has 0 unspecified atom stereocenters. The SMILES string of the molecule is Cn1cc(Oc2cnccc2CNC(C)(C)C)cn1. The number of pyridine rings is 1. The van der Waals surface area contributed by atoms with E-state index in [-0.39, 0.29) is 5.54 Å². The van der Waals surface area contributed by atoms with Gasteiger partial charge in [-0.1, -0.05) is 0 Å². The van der Waals surface area contributed by atoms with E-state index in [4.69, 9.17) is 4.74 Å². The van der Waals surface area contributed by atoms with Gasteiger partial charge in [0.25, 0.3) is 0 Å². The molecular formula is C14H20N4O. The van der Waals surface area contributed by atoms with Crippen molar-refractivity contribution in [1.82, 2.24) is 20.1 Å². The molecular weight excluding hydrogens is 240 g/mol. The Kier molecular flexibility index (Phi) is 3.85. The van der Waals surface area contributed by atoms with Gasteiger partial charge in [-0.3, -0.25) is 9.67 Å². The fourth-order valence-electron chi connectivity index (χ4n) is 1.59. The number of rotatable bonds is 4. The number of ether oxygens (including phenoxy) is 1. The summed E-state index contributed by atoms with van der Waals surface area (Å²) >= 11 is 0. The minimum Gasteiger partial charge on any atom is -0.452 e. The second kappa shape index (κ2) is 5.40. The van der Waals surface area contributed by atoms with Crippen LogP contribution in [0.1, 0.15) is 26.3 Å². The Morgan fingerprint density at radius 1 is 1.32 bits per heavy atom. The number of nitrogens with zero attached hydrogens (tertiary/aromatic N) is 3. The monoisotopic (exact) mass is 260 g/mol. The van der Waals surface area contributed by atoms with E-state index in [9.17, 15) is 0 Å². The van der Waals surface area contributed by atoms with Gasteiger partial charge in [0.15, 0.2) is 5.75 Å². The summed E-state index contributed by atoms with van der Waals surface area (Å²) in [5.74, 6) is 1.47. The largest absolute Gasteiger partial charge is 0.452 e. The molecule has 0 fully saturated rings. The van der Waals surface area contributed by atoms with Crippen molar-refractivity contribution in [3.8, 4) is 11.5 Å². The van der Waals surface area contributed by atoms with E-state index >= 15 is 0 Å². The van der Waals surface area contributed by atoms with E-state index in [2.05, 4.69) is 36.2 Å². The first-order valence-electron chi connectivity index (χ1n) is 6.28. The van der Waals surface area contributed by atoms with Crippen molar-refractivity contribution in [1.29, 1.82) is 0 Å². The first-order valence-corrected chi connectivity index (χ1v) is 6.28. The van der Waals surface area contributed by atoms with Crippen molar-refractivity contribution in [3.63, 3.8) is 0 Å². The average molecular weight is 260 g/mol. The molecule has 0 atom stereocenters. The highest BCUT2D eigenvalue weighted by atomic mass is 16.5. The molecule has 0 saturated carbocycles. The maximum absolute atomic E-state index is 5.81. The Hall–Kier alpha value is -1.88. The van der Waals surface area contributed by atoms with Crippen LogP contribution in [0.25, 0.3) is 0 Å². The lowest BCUT2D eigenvalue weighted by Crippen LogP contribution is -2.35. The number of nitrogens with one attached hydrogen (secondary N) is 1. The number of hydrogen-bond acceptors (Lipinski definition) is 4. The van der Waals surface area contributed by atoms with Crippen LogP contribution in [0.2, 0.25) is 0 Å². The number of aryl methyl sites for hydroxylation is 1. The van der Waals surface area contributed by atoms with Crippen molar-refractivity contribution in [3.05, 3.63) is 36.4 Å². The Morgan fingerprint density at radius 3 is 2.74 bits per heavy atom. The molecule has 2 heterocycles. The number of aromatic nitrogens is 3. The fraction of sp³-hybridized carbons (Fsp3) is 0.429. The fourth-order valence-corrected chi connectivity index (χ4v) is 1.59. The van der Waals surface area contributed by atoms with Crippen LogP contribution in [0.3, 0.4) is 0 Å². The smallest absolute Gasteiger partial charge is 0.165 e. The van der Waals surface area contributed by atoms with Gasteiger partial charge < -0.3 is 10.1 Å². The zero-order chi connectivity index (χ0) is 13.9. The van der Waals surface area contributed by atoms with Crippen LogP contribution in [0.15, 0.2) is 30.9 Å². The van der Waals surface area contributed by atoms with Crippen LogP contribution in [-0.4, -0.2) is 20.3 Å². The minimum atomic E-state index is 0.0643. The summed E-state index contributed by atoms with van der Waals surface area (Å²) < 4.78 is 7.52. The second-order valence-electron chi connectivity index (χ2n) is 5.54. The predicted octanol–water partition coefficient (Wildman–Crippen LogP) is 2.50. The summed E-state index contributed by atoms with van der Waals surface area (Å²) in [5.41, 5.74) is 1.14. The summed E-state index contributed by atoms with van der Waals surface area (Å²) in [7, 11) is 1.86. The Labute approximate surface area is 113 Å². The van der Waals surface area contributed by atoms with Crippen LogP contribution in [0, 0.1) is 0 Å². The molecule has 5 nitrogen and oxygen atoms in total. The quantitative estimate of drug-likeness (QED) is 0.917. The van der Waals surface area contributed by atoms with Crippen molar-refractivity contribution in [2.45, 2.75) is 32.9 Å². The topological polar surface area (TPSA) is 52.0 Å². The molecule has 2 aromatic rings. The second-order valence-corrected chi connectivity index (χ2v) is 5.54. The average Bonchev–Trinajstić information content (AvgIpc) is 2.73. The predicted molar refractivity (Wildman–Crippen MR) is 74.1 cm³/mol. The Balaban J connectivity index is 2.12. The summed E-state index contributed by atoms with van der Waals surface area (Å²) in [5, 5.41) is 7.52. The van der Waals surface area contributed by atoms with E-state index in [0.717, 1.165) is 17.9 Å². The Bertz CT molecular complexity index is 542. The van der Waals surface area contributed by atoms with Gasteiger partial charge in [0.2, 0.25) is 0 Å². The molecule has 19 heavy (non-hydrogen) atoms. The molecule has 0 saturated heterocycles. The lowest BCUT2D eigenvalue weighted by Gasteiger charge is -2.21. The molecule has 0 aliphatic rings. The molecule has 0 amide bonds. The van der Waals surface area contributed by atoms with Gasteiger partial charge in [0.1, 0.15) is 5.75 Å². The maximum Gasteiger partial charge on any atom is 0.165 e. The molecule has 2 rings (SSSR count). The van der Waals surface area contributed by atoms with E-state index in [1.165, 1.54) is 0 Å². The van der Waals surface area contributed by atoms with Crippen LogP contribution in [0.4, 0.5) is 0 Å². The highest BCUT2D eigenvalue weighted by Crippen LogP contribution is 2.24. The number of hydrogen-bond donors (Lipinski definition) is 1. The van der Waals surface area contributed by atoms with Gasteiger partial charge in [-0.15, -0.1) is 0 Å². The first-order chi connectivity index (χ1) is 8.94. The minimum absolute atomic E-state index is 0.0643. The van der Waals surface area contributed by atoms with Gasteiger partial charge in [-0.25, -0.2) is 0 Å². The lowest BCUT2D eigenvalue weighted by molar-refractivity contribution is 0.413. The van der Waals surface area contributed by atoms with Crippen molar-refractivity contribution in [2.24, 2.45) is 7.05 Å². The van der Waals surface area contributed by atoms with Gasteiger partial charge in [0, 0.05) is 30.9 Å². The van der Waals surface area contributed by atoms with Crippen molar-refractivity contribution >= 4 is 0 Å². The van der Waals surface area contributed by atoms with Crippen LogP contribution in [0.5, 0.6) is 11.5 Å². The molecule has 1 N–H and O–H groups in total. The van der Waals surface area contributed by atoms with Crippen molar-refractivity contribution in [2.75, 3.05) is 0 Å². The van der Waals surface area contributed by atoms with E-state index < -0.39 is 0 Å². The molecule has 0 radical (unpaired) electrons. The summed E-state index contributed by atoms with van der Waals surface area (Å²) in [4.78, 5) is 4.11. The molecule has 0 aromatic carbocycles. The van der Waals surface area contributed by atoms with E-state index in [0.29, 0.717) is 5.75 Å². The molecule has 0 spiro atoms.